The summed E-state index contributed by atoms with van der Waals surface area (Å²) in [5.41, 5.74) is 0. The summed E-state index contributed by atoms with van der Waals surface area (Å²) in [6.07, 6.45) is 8.34. The molecule has 0 unspecified atom stereocenters. The van der Waals surface area contributed by atoms with E-state index in [9.17, 15) is 0 Å². The highest BCUT2D eigenvalue weighted by Crippen LogP contribution is 2.21. The topological polar surface area (TPSA) is 15.3 Å². The Bertz CT molecular complexity index is 130. The summed E-state index contributed by atoms with van der Waals surface area (Å²) in [7, 11) is 2.28. The van der Waals surface area contributed by atoms with Crippen molar-refractivity contribution in [3.05, 3.63) is 0 Å². The molecule has 2 nitrogen and oxygen atoms in total. The molecule has 0 saturated heterocycles. The van der Waals surface area contributed by atoms with Gasteiger partial charge < -0.3 is 10.2 Å². The molecular weight excluding hydrogens is 172 g/mol. The summed E-state index contributed by atoms with van der Waals surface area (Å²) in [6.45, 7) is 5.81. The Kier molecular flexibility index (Phi) is 6.20. The van der Waals surface area contributed by atoms with Gasteiger partial charge in [-0.15, -0.1) is 0 Å². The van der Waals surface area contributed by atoms with Crippen molar-refractivity contribution in [2.45, 2.75) is 51.5 Å². The number of hydrogen-bond donors (Lipinski definition) is 1. The molecule has 1 fully saturated rings. The molecule has 1 N–H and O–H groups in total. The molecule has 0 heterocycles. The van der Waals surface area contributed by atoms with Crippen molar-refractivity contribution in [1.82, 2.24) is 10.2 Å². The van der Waals surface area contributed by atoms with E-state index in [1.54, 1.807) is 0 Å². The molecule has 14 heavy (non-hydrogen) atoms. The minimum atomic E-state index is 0.878. The van der Waals surface area contributed by atoms with Gasteiger partial charge in [0.1, 0.15) is 0 Å². The predicted molar refractivity (Wildman–Crippen MR) is 62.7 cm³/mol. The summed E-state index contributed by atoms with van der Waals surface area (Å²) >= 11 is 0. The maximum Gasteiger partial charge on any atom is 0.0107 e. The van der Waals surface area contributed by atoms with Crippen molar-refractivity contribution in [2.24, 2.45) is 0 Å². The molecule has 1 saturated carbocycles. The summed E-state index contributed by atoms with van der Waals surface area (Å²) in [5.74, 6) is 0. The van der Waals surface area contributed by atoms with Crippen molar-refractivity contribution in [2.75, 3.05) is 26.7 Å². The van der Waals surface area contributed by atoms with Gasteiger partial charge in [0.15, 0.2) is 0 Å². The molecule has 1 aliphatic rings. The SMILES string of the molecule is CCCCNCCN(C)C1CCCC1. The van der Waals surface area contributed by atoms with Gasteiger partial charge in [0.25, 0.3) is 0 Å². The number of hydrogen-bond acceptors (Lipinski definition) is 2. The highest BCUT2D eigenvalue weighted by Gasteiger charge is 2.18. The molecule has 84 valence electrons. The van der Waals surface area contributed by atoms with E-state index in [1.807, 2.05) is 0 Å². The molecule has 0 aromatic rings. The Morgan fingerprint density at radius 1 is 1.21 bits per heavy atom. The molecule has 0 aliphatic heterocycles. The third kappa shape index (κ3) is 4.43. The molecule has 2 heteroatoms. The van der Waals surface area contributed by atoms with E-state index in [1.165, 1.54) is 51.6 Å². The van der Waals surface area contributed by atoms with E-state index < -0.39 is 0 Å². The second-order valence-corrected chi connectivity index (χ2v) is 4.52. The number of unbranched alkanes of at least 4 members (excludes halogenated alkanes) is 1. The minimum absolute atomic E-state index is 0.878. The lowest BCUT2D eigenvalue weighted by Crippen LogP contribution is -2.35. The zero-order valence-electron chi connectivity index (χ0n) is 9.89. The average Bonchev–Trinajstić information content (AvgIpc) is 2.70. The normalized spacial score (nSPS) is 18.2. The van der Waals surface area contributed by atoms with Crippen LogP contribution >= 0.6 is 0 Å². The van der Waals surface area contributed by atoms with Crippen molar-refractivity contribution < 1.29 is 0 Å². The third-order valence-corrected chi connectivity index (χ3v) is 3.30. The smallest absolute Gasteiger partial charge is 0.0107 e. The van der Waals surface area contributed by atoms with E-state index in [0.717, 1.165) is 12.6 Å². The van der Waals surface area contributed by atoms with Crippen LogP contribution in [-0.2, 0) is 0 Å². The minimum Gasteiger partial charge on any atom is -0.315 e. The maximum atomic E-state index is 3.50. The number of rotatable bonds is 7. The van der Waals surface area contributed by atoms with Gasteiger partial charge in [0.2, 0.25) is 0 Å². The number of likely N-dealkylation sites (N-methyl/N-ethyl adjacent to an activating group) is 1. The molecule has 0 bridgehead atoms. The molecule has 0 spiro atoms. The third-order valence-electron chi connectivity index (χ3n) is 3.30. The molecule has 0 radical (unpaired) electrons. The second kappa shape index (κ2) is 7.24. The Balaban J connectivity index is 1.94. The van der Waals surface area contributed by atoms with Crippen LogP contribution in [0.2, 0.25) is 0 Å². The monoisotopic (exact) mass is 198 g/mol. The van der Waals surface area contributed by atoms with Gasteiger partial charge in [-0.1, -0.05) is 26.2 Å². The largest absolute Gasteiger partial charge is 0.315 e. The van der Waals surface area contributed by atoms with Crippen molar-refractivity contribution in [1.29, 1.82) is 0 Å². The number of nitrogens with one attached hydrogen (secondary N) is 1. The van der Waals surface area contributed by atoms with Crippen LogP contribution in [0.1, 0.15) is 45.4 Å². The van der Waals surface area contributed by atoms with E-state index in [-0.39, 0.29) is 0 Å². The van der Waals surface area contributed by atoms with Crippen LogP contribution in [0.4, 0.5) is 0 Å². The van der Waals surface area contributed by atoms with Gasteiger partial charge in [-0.2, -0.15) is 0 Å². The highest BCUT2D eigenvalue weighted by atomic mass is 15.1. The van der Waals surface area contributed by atoms with Gasteiger partial charge in [-0.05, 0) is 32.9 Å². The van der Waals surface area contributed by atoms with Gasteiger partial charge >= 0.3 is 0 Å². The molecule has 0 amide bonds. The van der Waals surface area contributed by atoms with E-state index >= 15 is 0 Å². The fraction of sp³-hybridized carbons (Fsp3) is 1.00. The predicted octanol–water partition coefficient (Wildman–Crippen LogP) is 2.25. The second-order valence-electron chi connectivity index (χ2n) is 4.52. The van der Waals surface area contributed by atoms with Crippen molar-refractivity contribution in [3.63, 3.8) is 0 Å². The van der Waals surface area contributed by atoms with Gasteiger partial charge in [-0.25, -0.2) is 0 Å². The van der Waals surface area contributed by atoms with Gasteiger partial charge in [-0.3, -0.25) is 0 Å². The fourth-order valence-electron chi connectivity index (χ4n) is 2.21. The van der Waals surface area contributed by atoms with Crippen molar-refractivity contribution >= 4 is 0 Å². The first-order valence-corrected chi connectivity index (χ1v) is 6.25. The Labute approximate surface area is 89.1 Å². The lowest BCUT2D eigenvalue weighted by atomic mass is 10.2. The van der Waals surface area contributed by atoms with Crippen LogP contribution < -0.4 is 5.32 Å². The van der Waals surface area contributed by atoms with Gasteiger partial charge in [0, 0.05) is 19.1 Å². The molecule has 1 rings (SSSR count). The van der Waals surface area contributed by atoms with Crippen molar-refractivity contribution in [3.8, 4) is 0 Å². The average molecular weight is 198 g/mol. The molecule has 0 aromatic heterocycles. The maximum absolute atomic E-state index is 3.50. The van der Waals surface area contributed by atoms with Crippen LogP contribution in [0.5, 0.6) is 0 Å². The number of nitrogens with zero attached hydrogens (tertiary/aromatic N) is 1. The van der Waals surface area contributed by atoms with Crippen LogP contribution in [-0.4, -0.2) is 37.6 Å². The summed E-state index contributed by atoms with van der Waals surface area (Å²) in [5, 5.41) is 3.50. The fourth-order valence-corrected chi connectivity index (χ4v) is 2.21. The molecule has 1 aliphatic carbocycles. The first-order valence-electron chi connectivity index (χ1n) is 6.25. The lowest BCUT2D eigenvalue weighted by Gasteiger charge is -2.23. The van der Waals surface area contributed by atoms with E-state index in [2.05, 4.69) is 24.2 Å². The molecule has 0 atom stereocenters. The Morgan fingerprint density at radius 2 is 1.93 bits per heavy atom. The van der Waals surface area contributed by atoms with Crippen LogP contribution in [0.15, 0.2) is 0 Å². The standard InChI is InChI=1S/C12H26N2/c1-3-4-9-13-10-11-14(2)12-7-5-6-8-12/h12-13H,3-11H2,1-2H3. The Hall–Kier alpha value is -0.0800. The quantitative estimate of drug-likeness (QED) is 0.631. The van der Waals surface area contributed by atoms with Gasteiger partial charge in [0.05, 0.1) is 0 Å². The first kappa shape index (κ1) is 12.0. The zero-order chi connectivity index (χ0) is 10.2. The first-order chi connectivity index (χ1) is 6.84. The highest BCUT2D eigenvalue weighted by molar-refractivity contribution is 4.75. The summed E-state index contributed by atoms with van der Waals surface area (Å²) < 4.78 is 0. The Morgan fingerprint density at radius 3 is 2.57 bits per heavy atom. The van der Waals surface area contributed by atoms with E-state index in [0.29, 0.717) is 0 Å². The van der Waals surface area contributed by atoms with Crippen LogP contribution in [0.25, 0.3) is 0 Å². The summed E-state index contributed by atoms with van der Waals surface area (Å²) in [6, 6.07) is 0.878. The summed E-state index contributed by atoms with van der Waals surface area (Å²) in [4.78, 5) is 2.53. The van der Waals surface area contributed by atoms with E-state index in [4.69, 9.17) is 0 Å². The van der Waals surface area contributed by atoms with Crippen LogP contribution in [0.3, 0.4) is 0 Å². The molecule has 0 aromatic carbocycles. The lowest BCUT2D eigenvalue weighted by molar-refractivity contribution is 0.245. The molecular formula is C12H26N2. The zero-order valence-corrected chi connectivity index (χ0v) is 9.89. The van der Waals surface area contributed by atoms with Crippen LogP contribution in [0, 0.1) is 0 Å².